The van der Waals surface area contributed by atoms with Crippen LogP contribution in [0.4, 0.5) is 11.6 Å². The van der Waals surface area contributed by atoms with E-state index in [2.05, 4.69) is 25.8 Å². The van der Waals surface area contributed by atoms with Crippen LogP contribution in [0.2, 0.25) is 5.02 Å². The lowest BCUT2D eigenvalue weighted by Gasteiger charge is -2.28. The van der Waals surface area contributed by atoms with E-state index in [0.29, 0.717) is 17.1 Å². The van der Waals surface area contributed by atoms with Gasteiger partial charge in [0.25, 0.3) is 5.91 Å². The van der Waals surface area contributed by atoms with E-state index >= 15 is 0 Å². The molecule has 8 heteroatoms. The summed E-state index contributed by atoms with van der Waals surface area (Å²) in [7, 11) is 0. The van der Waals surface area contributed by atoms with Gasteiger partial charge in [-0.3, -0.25) is 4.79 Å². The van der Waals surface area contributed by atoms with Gasteiger partial charge in [-0.15, -0.1) is 0 Å². The number of hydrogen-bond donors (Lipinski definition) is 0. The highest BCUT2D eigenvalue weighted by atomic mass is 35.5. The van der Waals surface area contributed by atoms with Gasteiger partial charge >= 0.3 is 0 Å². The second-order valence-corrected chi connectivity index (χ2v) is 8.63. The SMILES string of the molecule is O=C(c1ccc(Cl)cc1)N1CCCN(c2cc(N3CCSCC3)ncn2)CC1. The Morgan fingerprint density at radius 1 is 0.893 bits per heavy atom. The summed E-state index contributed by atoms with van der Waals surface area (Å²) in [6, 6.07) is 9.20. The summed E-state index contributed by atoms with van der Waals surface area (Å²) in [6.07, 6.45) is 2.58. The van der Waals surface area contributed by atoms with Gasteiger partial charge in [0.05, 0.1) is 0 Å². The van der Waals surface area contributed by atoms with Crippen molar-refractivity contribution in [3.8, 4) is 0 Å². The van der Waals surface area contributed by atoms with Crippen LogP contribution in [-0.2, 0) is 0 Å². The van der Waals surface area contributed by atoms with Gasteiger partial charge in [-0.25, -0.2) is 9.97 Å². The molecule has 0 atom stereocenters. The lowest BCUT2D eigenvalue weighted by atomic mass is 10.2. The summed E-state index contributed by atoms with van der Waals surface area (Å²) in [5.41, 5.74) is 0.685. The molecule has 1 amide bonds. The van der Waals surface area contributed by atoms with Crippen LogP contribution in [-0.4, -0.2) is 71.5 Å². The third-order valence-corrected chi connectivity index (χ3v) is 6.37. The summed E-state index contributed by atoms with van der Waals surface area (Å²) in [5.74, 6) is 4.30. The van der Waals surface area contributed by atoms with Crippen molar-refractivity contribution < 1.29 is 4.79 Å². The second kappa shape index (κ2) is 9.01. The van der Waals surface area contributed by atoms with Gasteiger partial charge in [0.15, 0.2) is 0 Å². The topological polar surface area (TPSA) is 52.6 Å². The lowest BCUT2D eigenvalue weighted by molar-refractivity contribution is 0.0767. The van der Waals surface area contributed by atoms with E-state index in [9.17, 15) is 4.79 Å². The van der Waals surface area contributed by atoms with Crippen LogP contribution in [0.25, 0.3) is 0 Å². The molecule has 0 radical (unpaired) electrons. The Kier molecular flexibility index (Phi) is 6.22. The van der Waals surface area contributed by atoms with E-state index in [1.807, 2.05) is 16.7 Å². The molecular formula is C20H24ClN5OS. The number of rotatable bonds is 3. The van der Waals surface area contributed by atoms with E-state index in [4.69, 9.17) is 11.6 Å². The van der Waals surface area contributed by atoms with E-state index in [0.717, 1.165) is 62.3 Å². The van der Waals surface area contributed by atoms with Gasteiger partial charge < -0.3 is 14.7 Å². The van der Waals surface area contributed by atoms with E-state index < -0.39 is 0 Å². The number of aromatic nitrogens is 2. The quantitative estimate of drug-likeness (QED) is 0.765. The molecule has 2 aliphatic heterocycles. The maximum atomic E-state index is 12.8. The number of anilines is 2. The van der Waals surface area contributed by atoms with Crippen molar-refractivity contribution in [1.29, 1.82) is 0 Å². The molecule has 2 aromatic rings. The summed E-state index contributed by atoms with van der Waals surface area (Å²) in [6.45, 7) is 5.15. The molecule has 0 bridgehead atoms. The monoisotopic (exact) mass is 417 g/mol. The fourth-order valence-corrected chi connectivity index (χ4v) is 4.63. The van der Waals surface area contributed by atoms with Crippen molar-refractivity contribution in [3.63, 3.8) is 0 Å². The highest BCUT2D eigenvalue weighted by molar-refractivity contribution is 7.99. The van der Waals surface area contributed by atoms with Crippen LogP contribution in [0.3, 0.4) is 0 Å². The van der Waals surface area contributed by atoms with Crippen molar-refractivity contribution in [1.82, 2.24) is 14.9 Å². The van der Waals surface area contributed by atoms with Gasteiger partial charge in [0, 0.05) is 67.4 Å². The fourth-order valence-electron chi connectivity index (χ4n) is 3.60. The average molecular weight is 418 g/mol. The molecule has 28 heavy (non-hydrogen) atoms. The maximum Gasteiger partial charge on any atom is 0.253 e. The highest BCUT2D eigenvalue weighted by Gasteiger charge is 2.22. The number of hydrogen-bond acceptors (Lipinski definition) is 6. The third kappa shape index (κ3) is 4.52. The molecule has 0 N–H and O–H groups in total. The third-order valence-electron chi connectivity index (χ3n) is 5.17. The number of carbonyl (C=O) groups excluding carboxylic acids is 1. The number of benzene rings is 1. The zero-order valence-corrected chi connectivity index (χ0v) is 17.3. The Hall–Kier alpha value is -1.99. The number of amides is 1. The van der Waals surface area contributed by atoms with Crippen LogP contribution in [0.5, 0.6) is 0 Å². The van der Waals surface area contributed by atoms with Crippen molar-refractivity contribution in [2.24, 2.45) is 0 Å². The number of thioether (sulfide) groups is 1. The summed E-state index contributed by atoms with van der Waals surface area (Å²) >= 11 is 7.93. The van der Waals surface area contributed by atoms with Gasteiger partial charge in [-0.1, -0.05) is 11.6 Å². The number of nitrogens with zero attached hydrogens (tertiary/aromatic N) is 5. The fraction of sp³-hybridized carbons (Fsp3) is 0.450. The smallest absolute Gasteiger partial charge is 0.253 e. The first-order valence-corrected chi connectivity index (χ1v) is 11.2. The summed E-state index contributed by atoms with van der Waals surface area (Å²) in [4.78, 5) is 28.3. The highest BCUT2D eigenvalue weighted by Crippen LogP contribution is 2.22. The molecule has 2 aliphatic rings. The van der Waals surface area contributed by atoms with Crippen molar-refractivity contribution in [2.75, 3.05) is 60.6 Å². The first-order chi connectivity index (χ1) is 13.7. The van der Waals surface area contributed by atoms with Gasteiger partial charge in [-0.2, -0.15) is 11.8 Å². The first kappa shape index (κ1) is 19.3. The molecule has 148 valence electrons. The van der Waals surface area contributed by atoms with Crippen LogP contribution in [0, 0.1) is 0 Å². The van der Waals surface area contributed by atoms with Crippen molar-refractivity contribution in [3.05, 3.63) is 47.2 Å². The standard InChI is InChI=1S/C20H24ClN5OS/c21-17-4-2-16(3-5-17)20(27)26-7-1-6-24(8-9-26)18-14-19(23-15-22-18)25-10-12-28-13-11-25/h2-5,14-15H,1,6-13H2. The molecule has 6 nitrogen and oxygen atoms in total. The predicted octanol–water partition coefficient (Wildman–Crippen LogP) is 3.04. The zero-order chi connectivity index (χ0) is 19.3. The van der Waals surface area contributed by atoms with E-state index in [-0.39, 0.29) is 5.91 Å². The number of halogens is 1. The van der Waals surface area contributed by atoms with Gasteiger partial charge in [-0.05, 0) is 30.7 Å². The van der Waals surface area contributed by atoms with Gasteiger partial charge in [0.2, 0.25) is 0 Å². The van der Waals surface area contributed by atoms with Gasteiger partial charge in [0.1, 0.15) is 18.0 Å². The Bertz CT molecular complexity index is 812. The van der Waals surface area contributed by atoms with Crippen molar-refractivity contribution in [2.45, 2.75) is 6.42 Å². The van der Waals surface area contributed by atoms with Crippen LogP contribution in [0.1, 0.15) is 16.8 Å². The largest absolute Gasteiger partial charge is 0.355 e. The minimum Gasteiger partial charge on any atom is -0.355 e. The summed E-state index contributed by atoms with van der Waals surface area (Å²) in [5, 5.41) is 0.644. The molecule has 4 rings (SSSR count). The van der Waals surface area contributed by atoms with Crippen LogP contribution in [0.15, 0.2) is 36.7 Å². The summed E-state index contributed by atoms with van der Waals surface area (Å²) < 4.78 is 0. The molecule has 2 fully saturated rings. The Morgan fingerprint density at radius 3 is 2.29 bits per heavy atom. The molecule has 1 aromatic carbocycles. The van der Waals surface area contributed by atoms with Crippen LogP contribution >= 0.6 is 23.4 Å². The molecule has 0 aliphatic carbocycles. The molecule has 1 aromatic heterocycles. The van der Waals surface area contributed by atoms with E-state index in [1.165, 1.54) is 0 Å². The van der Waals surface area contributed by atoms with Crippen LogP contribution < -0.4 is 9.80 Å². The molecule has 2 saturated heterocycles. The molecule has 0 spiro atoms. The Morgan fingerprint density at radius 2 is 1.57 bits per heavy atom. The lowest BCUT2D eigenvalue weighted by Crippen LogP contribution is -2.36. The minimum atomic E-state index is 0.0627. The van der Waals surface area contributed by atoms with Crippen molar-refractivity contribution >= 4 is 40.9 Å². The second-order valence-electron chi connectivity index (χ2n) is 6.97. The Balaban J connectivity index is 1.42. The zero-order valence-electron chi connectivity index (χ0n) is 15.8. The van der Waals surface area contributed by atoms with E-state index in [1.54, 1.807) is 30.6 Å². The average Bonchev–Trinajstić information content (AvgIpc) is 3.01. The first-order valence-electron chi connectivity index (χ1n) is 9.65. The normalized spacial score (nSPS) is 18.1. The molecular weight excluding hydrogens is 394 g/mol. The minimum absolute atomic E-state index is 0.0627. The maximum absolute atomic E-state index is 12.8. The molecule has 0 unspecified atom stereocenters. The molecule has 3 heterocycles. The molecule has 0 saturated carbocycles. The Labute approximate surface area is 174 Å². The number of carbonyl (C=O) groups is 1. The predicted molar refractivity (Wildman–Crippen MR) is 116 cm³/mol.